The number of aryl methyl sites for hydroxylation is 1. The Kier molecular flexibility index (Phi) is 3.92. The van der Waals surface area contributed by atoms with E-state index in [1.165, 1.54) is 0 Å². The molecule has 21 heavy (non-hydrogen) atoms. The summed E-state index contributed by atoms with van der Waals surface area (Å²) in [5.41, 5.74) is 2.61. The lowest BCUT2D eigenvalue weighted by Gasteiger charge is -2.32. The highest BCUT2D eigenvalue weighted by atomic mass is 16.2. The number of fused-ring (bicyclic) bond motifs is 1. The van der Waals surface area contributed by atoms with Crippen LogP contribution in [-0.4, -0.2) is 42.9 Å². The second kappa shape index (κ2) is 5.85. The Hall–Kier alpha value is -1.88. The predicted molar refractivity (Wildman–Crippen MR) is 81.4 cm³/mol. The number of nitrogens with one attached hydrogen (secondary N) is 2. The van der Waals surface area contributed by atoms with E-state index in [0.29, 0.717) is 24.4 Å². The molecule has 2 amide bonds. The molecule has 112 valence electrons. The molecule has 0 bridgehead atoms. The van der Waals surface area contributed by atoms with Crippen LogP contribution in [0.2, 0.25) is 0 Å². The van der Waals surface area contributed by atoms with Gasteiger partial charge < -0.3 is 15.5 Å². The molecule has 5 heteroatoms. The first-order chi connectivity index (χ1) is 10.1. The molecular formula is C16H21N3O2. The maximum atomic E-state index is 12.6. The summed E-state index contributed by atoms with van der Waals surface area (Å²) in [6.45, 7) is 1.94. The first-order valence-corrected chi connectivity index (χ1v) is 7.56. The Morgan fingerprint density at radius 2 is 2.00 bits per heavy atom. The number of carbonyl (C=O) groups excluding carboxylic acids is 2. The lowest BCUT2D eigenvalue weighted by atomic mass is 9.99. The minimum atomic E-state index is 0.0494. The minimum absolute atomic E-state index is 0.0494. The topological polar surface area (TPSA) is 61.4 Å². The molecule has 5 nitrogen and oxygen atoms in total. The third-order valence-electron chi connectivity index (χ3n) is 4.42. The van der Waals surface area contributed by atoms with Gasteiger partial charge in [0.2, 0.25) is 5.91 Å². The highest BCUT2D eigenvalue weighted by molar-refractivity contribution is 5.98. The Balaban J connectivity index is 1.76. The molecule has 1 fully saturated rings. The van der Waals surface area contributed by atoms with Crippen molar-refractivity contribution in [2.24, 2.45) is 0 Å². The van der Waals surface area contributed by atoms with Crippen LogP contribution >= 0.6 is 0 Å². The first-order valence-electron chi connectivity index (χ1n) is 7.56. The standard InChI is InChI=1S/C16H21N3O2/c1-19(13-6-8-17-9-7-13)16(21)12-2-4-14-11(10-12)3-5-15(20)18-14/h2,4,10,13,17H,3,5-9H2,1H3,(H,18,20). The Morgan fingerprint density at radius 3 is 2.76 bits per heavy atom. The smallest absolute Gasteiger partial charge is 0.253 e. The second-order valence-corrected chi connectivity index (χ2v) is 5.82. The number of piperidine rings is 1. The van der Waals surface area contributed by atoms with Gasteiger partial charge in [0, 0.05) is 30.8 Å². The number of carbonyl (C=O) groups is 2. The molecule has 2 aliphatic rings. The van der Waals surface area contributed by atoms with Gasteiger partial charge in [-0.3, -0.25) is 9.59 Å². The monoisotopic (exact) mass is 287 g/mol. The first kappa shape index (κ1) is 14.1. The van der Waals surface area contributed by atoms with Crippen molar-refractivity contribution in [2.75, 3.05) is 25.5 Å². The van der Waals surface area contributed by atoms with Crippen LogP contribution in [0.4, 0.5) is 5.69 Å². The van der Waals surface area contributed by atoms with Gasteiger partial charge in [0.25, 0.3) is 5.91 Å². The molecule has 1 saturated heterocycles. The van der Waals surface area contributed by atoms with Crippen LogP contribution in [0, 0.1) is 0 Å². The predicted octanol–water partition coefficient (Wildman–Crippen LogP) is 1.40. The normalized spacial score (nSPS) is 18.8. The zero-order valence-corrected chi connectivity index (χ0v) is 12.3. The van der Waals surface area contributed by atoms with Crippen molar-refractivity contribution in [3.05, 3.63) is 29.3 Å². The molecule has 0 aliphatic carbocycles. The number of amides is 2. The van der Waals surface area contributed by atoms with E-state index in [2.05, 4.69) is 10.6 Å². The second-order valence-electron chi connectivity index (χ2n) is 5.82. The van der Waals surface area contributed by atoms with E-state index in [0.717, 1.165) is 37.2 Å². The van der Waals surface area contributed by atoms with E-state index in [1.54, 1.807) is 0 Å². The van der Waals surface area contributed by atoms with E-state index in [4.69, 9.17) is 0 Å². The van der Waals surface area contributed by atoms with Crippen molar-refractivity contribution < 1.29 is 9.59 Å². The number of hydrogen-bond donors (Lipinski definition) is 2. The van der Waals surface area contributed by atoms with Crippen molar-refractivity contribution in [2.45, 2.75) is 31.7 Å². The number of hydrogen-bond acceptors (Lipinski definition) is 3. The molecule has 1 aromatic carbocycles. The van der Waals surface area contributed by atoms with Crippen molar-refractivity contribution in [3.8, 4) is 0 Å². The maximum Gasteiger partial charge on any atom is 0.253 e. The van der Waals surface area contributed by atoms with Gasteiger partial charge in [0.1, 0.15) is 0 Å². The quantitative estimate of drug-likeness (QED) is 0.864. The largest absolute Gasteiger partial charge is 0.339 e. The number of rotatable bonds is 2. The van der Waals surface area contributed by atoms with E-state index < -0.39 is 0 Å². The van der Waals surface area contributed by atoms with Crippen molar-refractivity contribution in [1.82, 2.24) is 10.2 Å². The van der Waals surface area contributed by atoms with E-state index in [1.807, 2.05) is 30.1 Å². The van der Waals surface area contributed by atoms with E-state index >= 15 is 0 Å². The van der Waals surface area contributed by atoms with Gasteiger partial charge >= 0.3 is 0 Å². The maximum absolute atomic E-state index is 12.6. The van der Waals surface area contributed by atoms with Crippen LogP contribution in [0.25, 0.3) is 0 Å². The summed E-state index contributed by atoms with van der Waals surface area (Å²) in [4.78, 5) is 25.8. The minimum Gasteiger partial charge on any atom is -0.339 e. The number of nitrogens with zero attached hydrogens (tertiary/aromatic N) is 1. The Morgan fingerprint density at radius 1 is 1.24 bits per heavy atom. The lowest BCUT2D eigenvalue weighted by Crippen LogP contribution is -2.44. The molecule has 1 aromatic rings. The van der Waals surface area contributed by atoms with Crippen molar-refractivity contribution in [3.63, 3.8) is 0 Å². The fraction of sp³-hybridized carbons (Fsp3) is 0.500. The average Bonchev–Trinajstić information content (AvgIpc) is 2.53. The summed E-state index contributed by atoms with van der Waals surface area (Å²) in [5, 5.41) is 6.16. The molecule has 0 spiro atoms. The SMILES string of the molecule is CN(C(=O)c1ccc2c(c1)CCC(=O)N2)C1CCNCC1. The fourth-order valence-electron chi connectivity index (χ4n) is 3.08. The van der Waals surface area contributed by atoms with Crippen molar-refractivity contribution in [1.29, 1.82) is 0 Å². The third kappa shape index (κ3) is 2.93. The van der Waals surface area contributed by atoms with Crippen LogP contribution < -0.4 is 10.6 Å². The molecule has 2 N–H and O–H groups in total. The summed E-state index contributed by atoms with van der Waals surface area (Å²) in [5.74, 6) is 0.120. The fourth-order valence-corrected chi connectivity index (χ4v) is 3.08. The summed E-state index contributed by atoms with van der Waals surface area (Å²) in [6.07, 6.45) is 3.21. The highest BCUT2D eigenvalue weighted by Gasteiger charge is 2.24. The zero-order valence-electron chi connectivity index (χ0n) is 12.3. The zero-order chi connectivity index (χ0) is 14.8. The highest BCUT2D eigenvalue weighted by Crippen LogP contribution is 2.24. The van der Waals surface area contributed by atoms with Gasteiger partial charge in [0.15, 0.2) is 0 Å². The van der Waals surface area contributed by atoms with Gasteiger partial charge in [-0.1, -0.05) is 0 Å². The molecule has 0 radical (unpaired) electrons. The van der Waals surface area contributed by atoms with Gasteiger partial charge in [0.05, 0.1) is 0 Å². The van der Waals surface area contributed by atoms with Gasteiger partial charge in [-0.2, -0.15) is 0 Å². The summed E-state index contributed by atoms with van der Waals surface area (Å²) in [6, 6.07) is 5.89. The van der Waals surface area contributed by atoms with Crippen LogP contribution in [-0.2, 0) is 11.2 Å². The lowest BCUT2D eigenvalue weighted by molar-refractivity contribution is -0.116. The van der Waals surface area contributed by atoms with Crippen molar-refractivity contribution >= 4 is 17.5 Å². The number of anilines is 1. The molecule has 2 aliphatic heterocycles. The Labute approximate surface area is 124 Å². The molecule has 0 saturated carbocycles. The molecule has 0 aromatic heterocycles. The summed E-state index contributed by atoms with van der Waals surface area (Å²) in [7, 11) is 1.89. The van der Waals surface area contributed by atoms with Crippen LogP contribution in [0.5, 0.6) is 0 Å². The molecule has 0 unspecified atom stereocenters. The molecule has 2 heterocycles. The van der Waals surface area contributed by atoms with E-state index in [-0.39, 0.29) is 11.8 Å². The Bertz CT molecular complexity index is 565. The average molecular weight is 287 g/mol. The molecule has 0 atom stereocenters. The van der Waals surface area contributed by atoms with Gasteiger partial charge in [-0.25, -0.2) is 0 Å². The summed E-state index contributed by atoms with van der Waals surface area (Å²) < 4.78 is 0. The van der Waals surface area contributed by atoms with Gasteiger partial charge in [-0.15, -0.1) is 0 Å². The van der Waals surface area contributed by atoms with Crippen LogP contribution in [0.1, 0.15) is 35.2 Å². The summed E-state index contributed by atoms with van der Waals surface area (Å²) >= 11 is 0. The molecular weight excluding hydrogens is 266 g/mol. The van der Waals surface area contributed by atoms with Crippen LogP contribution in [0.15, 0.2) is 18.2 Å². The number of benzene rings is 1. The molecule has 3 rings (SSSR count). The van der Waals surface area contributed by atoms with Crippen LogP contribution in [0.3, 0.4) is 0 Å². The third-order valence-corrected chi connectivity index (χ3v) is 4.42. The van der Waals surface area contributed by atoms with Gasteiger partial charge in [-0.05, 0) is 56.1 Å². The van der Waals surface area contributed by atoms with E-state index in [9.17, 15) is 9.59 Å².